The van der Waals surface area contributed by atoms with E-state index in [0.29, 0.717) is 19.4 Å². The summed E-state index contributed by atoms with van der Waals surface area (Å²) in [6, 6.07) is 3.74. The lowest BCUT2D eigenvalue weighted by atomic mass is 10.3. The van der Waals surface area contributed by atoms with Crippen molar-refractivity contribution in [1.29, 1.82) is 0 Å². The molecule has 2 N–H and O–H groups in total. The van der Waals surface area contributed by atoms with Crippen LogP contribution in [0, 0.1) is 0 Å². The Morgan fingerprint density at radius 1 is 1.61 bits per heavy atom. The first-order chi connectivity index (χ1) is 8.59. The number of imidazole rings is 1. The molecule has 0 saturated heterocycles. The number of nitrogens with zero attached hydrogens (tertiary/aromatic N) is 3. The molecule has 6 heteroatoms. The minimum atomic E-state index is -0.298. The van der Waals surface area contributed by atoms with Crippen molar-refractivity contribution < 1.29 is 4.79 Å². The highest BCUT2D eigenvalue weighted by Gasteiger charge is 2.15. The van der Waals surface area contributed by atoms with Crippen LogP contribution in [0.25, 0.3) is 11.2 Å². The third-order valence-corrected chi connectivity index (χ3v) is 2.89. The molecule has 0 aliphatic rings. The molecule has 1 atom stereocenters. The molecule has 0 aromatic carbocycles. The van der Waals surface area contributed by atoms with E-state index >= 15 is 0 Å². The first-order valence-electron chi connectivity index (χ1n) is 5.83. The molecule has 1 amide bonds. The first-order valence-corrected chi connectivity index (χ1v) is 6.26. The number of nitrogens with two attached hydrogens (primary N) is 1. The van der Waals surface area contributed by atoms with Gasteiger partial charge in [0.15, 0.2) is 5.65 Å². The number of hydrogen-bond donors (Lipinski definition) is 1. The summed E-state index contributed by atoms with van der Waals surface area (Å²) in [5.74, 6) is 0.475. The van der Waals surface area contributed by atoms with Crippen LogP contribution in [-0.4, -0.2) is 20.4 Å². The molecule has 0 bridgehead atoms. The first kappa shape index (κ1) is 12.8. The maximum absolute atomic E-state index is 10.8. The number of aromatic nitrogens is 3. The fourth-order valence-electron chi connectivity index (χ4n) is 1.91. The van der Waals surface area contributed by atoms with Crippen molar-refractivity contribution in [2.45, 2.75) is 31.7 Å². The summed E-state index contributed by atoms with van der Waals surface area (Å²) in [6.45, 7) is 2.51. The predicted molar refractivity (Wildman–Crippen MR) is 70.2 cm³/mol. The van der Waals surface area contributed by atoms with Crippen LogP contribution >= 0.6 is 11.6 Å². The van der Waals surface area contributed by atoms with Gasteiger partial charge in [0, 0.05) is 19.2 Å². The second-order valence-electron chi connectivity index (χ2n) is 4.15. The average molecular weight is 267 g/mol. The second kappa shape index (κ2) is 5.35. The van der Waals surface area contributed by atoms with Crippen LogP contribution in [0.3, 0.4) is 0 Å². The van der Waals surface area contributed by atoms with E-state index in [-0.39, 0.29) is 11.3 Å². The van der Waals surface area contributed by atoms with Gasteiger partial charge in [0.1, 0.15) is 11.3 Å². The molecule has 0 saturated carbocycles. The van der Waals surface area contributed by atoms with Crippen LogP contribution in [-0.2, 0) is 11.3 Å². The fraction of sp³-hybridized carbons (Fsp3) is 0.417. The van der Waals surface area contributed by atoms with Gasteiger partial charge in [0.05, 0.1) is 5.38 Å². The number of carbonyl (C=O) groups excluding carboxylic acids is 1. The molecule has 18 heavy (non-hydrogen) atoms. The Hall–Kier alpha value is -1.62. The van der Waals surface area contributed by atoms with Gasteiger partial charge < -0.3 is 10.3 Å². The molecule has 1 unspecified atom stereocenters. The summed E-state index contributed by atoms with van der Waals surface area (Å²) in [4.78, 5) is 19.5. The van der Waals surface area contributed by atoms with Crippen molar-refractivity contribution >= 4 is 28.7 Å². The van der Waals surface area contributed by atoms with Crippen LogP contribution in [0.2, 0.25) is 0 Å². The number of fused-ring (bicyclic) bond motifs is 1. The summed E-state index contributed by atoms with van der Waals surface area (Å²) >= 11 is 6.12. The summed E-state index contributed by atoms with van der Waals surface area (Å²) in [5, 5.41) is -0.201. The van der Waals surface area contributed by atoms with Gasteiger partial charge in [-0.2, -0.15) is 0 Å². The lowest BCUT2D eigenvalue weighted by Gasteiger charge is -2.08. The molecule has 2 aromatic heterocycles. The van der Waals surface area contributed by atoms with E-state index in [0.717, 1.165) is 17.0 Å². The van der Waals surface area contributed by atoms with Gasteiger partial charge in [-0.15, -0.1) is 11.6 Å². The van der Waals surface area contributed by atoms with Gasteiger partial charge in [-0.3, -0.25) is 4.79 Å². The van der Waals surface area contributed by atoms with Crippen molar-refractivity contribution in [3.8, 4) is 0 Å². The van der Waals surface area contributed by atoms with E-state index in [1.54, 1.807) is 6.20 Å². The van der Waals surface area contributed by atoms with E-state index in [2.05, 4.69) is 9.97 Å². The second-order valence-corrected chi connectivity index (χ2v) is 4.81. The zero-order valence-electron chi connectivity index (χ0n) is 10.1. The van der Waals surface area contributed by atoms with Gasteiger partial charge in [-0.25, -0.2) is 9.97 Å². The van der Waals surface area contributed by atoms with Crippen LogP contribution in [0.5, 0.6) is 0 Å². The topological polar surface area (TPSA) is 73.8 Å². The zero-order valence-corrected chi connectivity index (χ0v) is 10.9. The Kier molecular flexibility index (Phi) is 3.81. The Morgan fingerprint density at radius 3 is 3.06 bits per heavy atom. The maximum atomic E-state index is 10.8. The van der Waals surface area contributed by atoms with E-state index in [1.165, 1.54) is 0 Å². The number of amides is 1. The molecule has 2 heterocycles. The lowest BCUT2D eigenvalue weighted by Crippen LogP contribution is -2.12. The number of alkyl halides is 1. The normalized spacial score (nSPS) is 12.8. The molecule has 0 spiro atoms. The molecular weight excluding hydrogens is 252 g/mol. The molecule has 2 rings (SSSR count). The van der Waals surface area contributed by atoms with E-state index in [1.807, 2.05) is 23.6 Å². The predicted octanol–water partition coefficient (Wildman–Crippen LogP) is 2.00. The molecule has 96 valence electrons. The van der Waals surface area contributed by atoms with Crippen LogP contribution in [0.4, 0.5) is 0 Å². The van der Waals surface area contributed by atoms with E-state index in [4.69, 9.17) is 17.3 Å². The highest BCUT2D eigenvalue weighted by atomic mass is 35.5. The van der Waals surface area contributed by atoms with Gasteiger partial charge in [0.2, 0.25) is 5.91 Å². The number of aryl methyl sites for hydroxylation is 1. The number of halogens is 1. The minimum absolute atomic E-state index is 0.201. The van der Waals surface area contributed by atoms with Crippen molar-refractivity contribution in [2.75, 3.05) is 0 Å². The summed E-state index contributed by atoms with van der Waals surface area (Å²) in [5.41, 5.74) is 6.75. The zero-order chi connectivity index (χ0) is 13.1. The SMILES string of the molecule is CC(Cl)c1nc2cccnc2n1CCCC(N)=O. The van der Waals surface area contributed by atoms with E-state index in [9.17, 15) is 4.79 Å². The number of primary amides is 1. The van der Waals surface area contributed by atoms with Gasteiger partial charge >= 0.3 is 0 Å². The molecular formula is C12H15ClN4O. The third-order valence-electron chi connectivity index (χ3n) is 2.69. The van der Waals surface area contributed by atoms with Crippen molar-refractivity contribution in [3.05, 3.63) is 24.2 Å². The number of rotatable bonds is 5. The van der Waals surface area contributed by atoms with Gasteiger partial charge in [-0.1, -0.05) is 0 Å². The van der Waals surface area contributed by atoms with Gasteiger partial charge in [0.25, 0.3) is 0 Å². The highest BCUT2D eigenvalue weighted by molar-refractivity contribution is 6.20. The summed E-state index contributed by atoms with van der Waals surface area (Å²) < 4.78 is 1.95. The van der Waals surface area contributed by atoms with Gasteiger partial charge in [-0.05, 0) is 25.5 Å². The molecule has 5 nitrogen and oxygen atoms in total. The standard InChI is InChI=1S/C12H15ClN4O/c1-8(13)11-16-9-4-2-6-15-12(9)17(11)7-3-5-10(14)18/h2,4,6,8H,3,5,7H2,1H3,(H2,14,18). The number of hydrogen-bond acceptors (Lipinski definition) is 3. The maximum Gasteiger partial charge on any atom is 0.217 e. The Morgan fingerprint density at radius 2 is 2.39 bits per heavy atom. The molecule has 0 aliphatic carbocycles. The van der Waals surface area contributed by atoms with Crippen molar-refractivity contribution in [2.24, 2.45) is 5.73 Å². The molecule has 0 aliphatic heterocycles. The van der Waals surface area contributed by atoms with Crippen molar-refractivity contribution in [3.63, 3.8) is 0 Å². The summed E-state index contributed by atoms with van der Waals surface area (Å²) in [7, 11) is 0. The highest BCUT2D eigenvalue weighted by Crippen LogP contribution is 2.23. The monoisotopic (exact) mass is 266 g/mol. The summed E-state index contributed by atoms with van der Waals surface area (Å²) in [6.07, 6.45) is 2.73. The number of pyridine rings is 1. The number of carbonyl (C=O) groups is 1. The Balaban J connectivity index is 2.33. The quantitative estimate of drug-likeness (QED) is 0.841. The van der Waals surface area contributed by atoms with Crippen LogP contribution < -0.4 is 5.73 Å². The third kappa shape index (κ3) is 2.61. The Bertz CT molecular complexity index is 564. The molecule has 0 radical (unpaired) electrons. The van der Waals surface area contributed by atoms with E-state index < -0.39 is 0 Å². The largest absolute Gasteiger partial charge is 0.370 e. The molecule has 2 aromatic rings. The fourth-order valence-corrected chi connectivity index (χ4v) is 2.08. The van der Waals surface area contributed by atoms with Crippen molar-refractivity contribution in [1.82, 2.24) is 14.5 Å². The minimum Gasteiger partial charge on any atom is -0.370 e. The Labute approximate surface area is 110 Å². The van der Waals surface area contributed by atoms with Crippen LogP contribution in [0.15, 0.2) is 18.3 Å². The average Bonchev–Trinajstić information content (AvgIpc) is 2.68. The lowest BCUT2D eigenvalue weighted by molar-refractivity contribution is -0.118. The molecule has 0 fully saturated rings. The smallest absolute Gasteiger partial charge is 0.217 e. The van der Waals surface area contributed by atoms with Crippen LogP contribution in [0.1, 0.15) is 31.0 Å².